The van der Waals surface area contributed by atoms with Gasteiger partial charge >= 0.3 is 5.69 Å². The zero-order valence-electron chi connectivity index (χ0n) is 16.0. The molecule has 0 bridgehead atoms. The van der Waals surface area contributed by atoms with Crippen molar-refractivity contribution in [1.82, 2.24) is 9.55 Å². The summed E-state index contributed by atoms with van der Waals surface area (Å²) in [5.74, 6) is 0. The van der Waals surface area contributed by atoms with E-state index in [2.05, 4.69) is 12.0 Å². The molecule has 0 aromatic carbocycles. The van der Waals surface area contributed by atoms with Crippen LogP contribution in [0.15, 0.2) is 15.8 Å². The minimum absolute atomic E-state index is 0. The van der Waals surface area contributed by atoms with E-state index in [9.17, 15) is 14.7 Å². The van der Waals surface area contributed by atoms with Gasteiger partial charge in [-0.3, -0.25) is 14.3 Å². The predicted molar refractivity (Wildman–Crippen MR) is 96.0 cm³/mol. The maximum Gasteiger partial charge on any atom is 0.330 e. The number of rotatable bonds is 6. The summed E-state index contributed by atoms with van der Waals surface area (Å²) >= 11 is 0. The molecule has 8 nitrogen and oxygen atoms in total. The highest BCUT2D eigenvalue weighted by atomic mass is 127. The smallest absolute Gasteiger partial charge is 0.330 e. The van der Waals surface area contributed by atoms with Crippen molar-refractivity contribution in [3.63, 3.8) is 0 Å². The molecule has 9 heteroatoms. The summed E-state index contributed by atoms with van der Waals surface area (Å²) in [6, 6.07) is 0. The number of nitrogens with zero attached hydrogens (tertiary/aromatic N) is 2. The van der Waals surface area contributed by atoms with E-state index >= 15 is 0 Å². The largest absolute Gasteiger partial charge is 1.00 e. The number of halogens is 1. The molecule has 0 saturated carbocycles. The molecular formula is C18H30IN3O5. The van der Waals surface area contributed by atoms with Crippen molar-refractivity contribution in [2.24, 2.45) is 0 Å². The molecule has 3 atom stereocenters. The van der Waals surface area contributed by atoms with Crippen molar-refractivity contribution in [1.29, 1.82) is 0 Å². The first-order chi connectivity index (χ1) is 12.4. The van der Waals surface area contributed by atoms with E-state index in [1.54, 1.807) is 6.92 Å². The second-order valence-corrected chi connectivity index (χ2v) is 7.79. The molecule has 0 aliphatic carbocycles. The fourth-order valence-electron chi connectivity index (χ4n) is 3.93. The minimum Gasteiger partial charge on any atom is -1.00 e. The summed E-state index contributed by atoms with van der Waals surface area (Å²) in [6.45, 7) is 5.39. The van der Waals surface area contributed by atoms with Crippen LogP contribution in [0.5, 0.6) is 0 Å². The Hall–Kier alpha value is -0.750. The number of H-pyrrole nitrogens is 1. The molecule has 2 N–H and O–H groups in total. The number of piperidine rings is 1. The molecule has 0 spiro atoms. The van der Waals surface area contributed by atoms with Gasteiger partial charge in [0, 0.05) is 18.2 Å². The Labute approximate surface area is 176 Å². The van der Waals surface area contributed by atoms with Crippen LogP contribution in [-0.2, 0) is 9.47 Å². The second-order valence-electron chi connectivity index (χ2n) is 7.79. The molecule has 0 amide bonds. The molecule has 154 valence electrons. The standard InChI is InChI=1S/C18H29N3O5.HI/c1-13-11-20(18(24)19-17(13)23)16-10-14(15(12-22)26-16)25-9-8-21(2)6-4-3-5-7-21;/h11,14-16,22H,3-10,12H2,1-2H3;1H/t14-,15+,16+;/m0./s1. The van der Waals surface area contributed by atoms with Crippen LogP contribution in [0.1, 0.15) is 37.5 Å². The van der Waals surface area contributed by atoms with E-state index in [-0.39, 0.29) is 36.7 Å². The van der Waals surface area contributed by atoms with E-state index < -0.39 is 23.6 Å². The van der Waals surface area contributed by atoms with Gasteiger partial charge in [0.2, 0.25) is 0 Å². The average molecular weight is 495 g/mol. The Kier molecular flexibility index (Phi) is 8.05. The van der Waals surface area contributed by atoms with Crippen LogP contribution in [0.2, 0.25) is 0 Å². The normalized spacial score (nSPS) is 27.3. The number of nitrogens with one attached hydrogen (secondary N) is 1. The topological polar surface area (TPSA) is 93.6 Å². The van der Waals surface area contributed by atoms with E-state index in [0.717, 1.165) is 11.0 Å². The van der Waals surface area contributed by atoms with Crippen molar-refractivity contribution >= 4 is 0 Å². The van der Waals surface area contributed by atoms with E-state index in [1.807, 2.05) is 0 Å². The number of hydrogen-bond donors (Lipinski definition) is 2. The Morgan fingerprint density at radius 1 is 1.33 bits per heavy atom. The highest BCUT2D eigenvalue weighted by Crippen LogP contribution is 2.30. The van der Waals surface area contributed by atoms with Gasteiger partial charge < -0.3 is 43.0 Å². The van der Waals surface area contributed by atoms with E-state index in [0.29, 0.717) is 18.6 Å². The summed E-state index contributed by atoms with van der Waals surface area (Å²) in [7, 11) is 2.27. The average Bonchev–Trinajstić information content (AvgIpc) is 3.01. The molecule has 0 unspecified atom stereocenters. The third kappa shape index (κ3) is 5.41. The van der Waals surface area contributed by atoms with Gasteiger partial charge in [-0.2, -0.15) is 0 Å². The Morgan fingerprint density at radius 3 is 2.70 bits per heavy atom. The number of likely N-dealkylation sites (N-methyl/N-ethyl adjacent to an activating group) is 1. The molecule has 27 heavy (non-hydrogen) atoms. The van der Waals surface area contributed by atoms with E-state index in [4.69, 9.17) is 9.47 Å². The van der Waals surface area contributed by atoms with Gasteiger partial charge in [0.1, 0.15) is 18.9 Å². The lowest BCUT2D eigenvalue weighted by Crippen LogP contribution is -3.00. The number of ether oxygens (including phenoxy) is 2. The number of aliphatic hydroxyl groups excluding tert-OH is 1. The zero-order chi connectivity index (χ0) is 18.7. The van der Waals surface area contributed by atoms with Gasteiger partial charge in [0.25, 0.3) is 5.56 Å². The van der Waals surface area contributed by atoms with Crippen molar-refractivity contribution in [2.45, 2.75) is 51.0 Å². The van der Waals surface area contributed by atoms with Gasteiger partial charge in [-0.25, -0.2) is 4.79 Å². The number of aliphatic hydroxyl groups is 1. The SMILES string of the molecule is Cc1cn([C@H]2C[C@H](OCC[N+]3(C)CCCCC3)[C@@H](CO)O2)c(=O)[nH]c1=O.[I-]. The lowest BCUT2D eigenvalue weighted by Gasteiger charge is -2.38. The first-order valence-electron chi connectivity index (χ1n) is 9.45. The van der Waals surface area contributed by atoms with Crippen LogP contribution in [0, 0.1) is 6.92 Å². The highest BCUT2D eigenvalue weighted by molar-refractivity contribution is 5.02. The summed E-state index contributed by atoms with van der Waals surface area (Å²) in [5, 5.41) is 9.61. The third-order valence-corrected chi connectivity index (χ3v) is 5.68. The highest BCUT2D eigenvalue weighted by Gasteiger charge is 2.37. The monoisotopic (exact) mass is 495 g/mol. The lowest BCUT2D eigenvalue weighted by molar-refractivity contribution is -0.914. The molecule has 3 rings (SSSR count). The van der Waals surface area contributed by atoms with Crippen molar-refractivity contribution in [3.8, 4) is 0 Å². The number of quaternary nitrogens is 1. The quantitative estimate of drug-likeness (QED) is 0.328. The van der Waals surface area contributed by atoms with Crippen LogP contribution in [0.3, 0.4) is 0 Å². The minimum atomic E-state index is -0.542. The van der Waals surface area contributed by atoms with Gasteiger partial charge in [-0.1, -0.05) is 0 Å². The predicted octanol–water partition coefficient (Wildman–Crippen LogP) is -2.86. The van der Waals surface area contributed by atoms with Gasteiger partial charge in [-0.05, 0) is 26.2 Å². The molecule has 1 aromatic rings. The van der Waals surface area contributed by atoms with Crippen molar-refractivity contribution < 1.29 is 43.0 Å². The first kappa shape index (κ1) is 22.5. The number of hydrogen-bond acceptors (Lipinski definition) is 5. The number of likely N-dealkylation sites (tertiary alicyclic amines) is 1. The molecule has 2 aliphatic rings. The van der Waals surface area contributed by atoms with E-state index in [1.165, 1.54) is 43.1 Å². The maximum absolute atomic E-state index is 12.1. The fourth-order valence-corrected chi connectivity index (χ4v) is 3.93. The number of aromatic amines is 1. The van der Waals surface area contributed by atoms with Crippen LogP contribution in [0.25, 0.3) is 0 Å². The van der Waals surface area contributed by atoms with Gasteiger partial charge in [0.15, 0.2) is 0 Å². The Morgan fingerprint density at radius 2 is 2.04 bits per heavy atom. The fraction of sp³-hybridized carbons (Fsp3) is 0.778. The van der Waals surface area contributed by atoms with Crippen LogP contribution in [-0.4, -0.2) is 71.2 Å². The molecule has 2 aliphatic heterocycles. The van der Waals surface area contributed by atoms with Crippen molar-refractivity contribution in [2.75, 3.05) is 39.9 Å². The van der Waals surface area contributed by atoms with Crippen LogP contribution in [0.4, 0.5) is 0 Å². The number of aryl methyl sites for hydroxylation is 1. The maximum atomic E-state index is 12.1. The van der Waals surface area contributed by atoms with Crippen LogP contribution < -0.4 is 35.2 Å². The molecule has 2 saturated heterocycles. The first-order valence-corrected chi connectivity index (χ1v) is 9.45. The zero-order valence-corrected chi connectivity index (χ0v) is 18.2. The summed E-state index contributed by atoms with van der Waals surface area (Å²) in [5.41, 5.74) is -0.454. The van der Waals surface area contributed by atoms with Gasteiger partial charge in [0.05, 0.1) is 39.5 Å². The van der Waals surface area contributed by atoms with Crippen molar-refractivity contribution in [3.05, 3.63) is 32.6 Å². The molecule has 3 heterocycles. The Bertz CT molecular complexity index is 728. The molecule has 2 fully saturated rings. The molecule has 0 radical (unpaired) electrons. The summed E-state index contributed by atoms with van der Waals surface area (Å²) < 4.78 is 14.2. The second kappa shape index (κ2) is 9.64. The summed E-state index contributed by atoms with van der Waals surface area (Å²) in [4.78, 5) is 25.9. The Balaban J connectivity index is 0.00000261. The van der Waals surface area contributed by atoms with Crippen LogP contribution >= 0.6 is 0 Å². The third-order valence-electron chi connectivity index (χ3n) is 5.68. The van der Waals surface area contributed by atoms with Gasteiger partial charge in [-0.15, -0.1) is 0 Å². The molecule has 1 aromatic heterocycles. The lowest BCUT2D eigenvalue weighted by atomic mass is 10.1. The molecular weight excluding hydrogens is 465 g/mol. The number of aromatic nitrogens is 2. The summed E-state index contributed by atoms with van der Waals surface area (Å²) in [6.07, 6.45) is 4.54.